The molecule has 4 rings (SSSR count). The Bertz CT molecular complexity index is 1330. The number of anilines is 2. The fourth-order valence-electron chi connectivity index (χ4n) is 3.37. The molecule has 0 aliphatic rings. The van der Waals surface area contributed by atoms with Crippen LogP contribution in [0.4, 0.5) is 11.4 Å². The lowest BCUT2D eigenvalue weighted by Gasteiger charge is -2.08. The van der Waals surface area contributed by atoms with Gasteiger partial charge >= 0.3 is 0 Å². The highest BCUT2D eigenvalue weighted by Gasteiger charge is 2.09. The first-order valence-corrected chi connectivity index (χ1v) is 10.4. The molecule has 2 amide bonds. The van der Waals surface area contributed by atoms with Crippen molar-refractivity contribution in [2.75, 3.05) is 10.6 Å². The fourth-order valence-corrected chi connectivity index (χ4v) is 3.37. The second-order valence-corrected chi connectivity index (χ2v) is 7.45. The monoisotopic (exact) mass is 442 g/mol. The van der Waals surface area contributed by atoms with Crippen molar-refractivity contribution in [1.82, 2.24) is 0 Å². The minimum absolute atomic E-state index is 0.269. The van der Waals surface area contributed by atoms with Crippen LogP contribution in [-0.2, 0) is 0 Å². The topological polar surface area (TPSA) is 106 Å². The number of nitriles is 2. The maximum Gasteiger partial charge on any atom is 0.255 e. The Morgan fingerprint density at radius 2 is 0.941 bits per heavy atom. The lowest BCUT2D eigenvalue weighted by atomic mass is 10.0. The number of carbonyl (C=O) groups excluding carboxylic acids is 2. The summed E-state index contributed by atoms with van der Waals surface area (Å²) in [7, 11) is 0. The summed E-state index contributed by atoms with van der Waals surface area (Å²) in [5.74, 6) is -0.539. The van der Waals surface area contributed by atoms with Crippen molar-refractivity contribution >= 4 is 23.2 Å². The van der Waals surface area contributed by atoms with E-state index in [2.05, 4.69) is 10.6 Å². The van der Waals surface area contributed by atoms with Gasteiger partial charge in [0.2, 0.25) is 0 Å². The summed E-state index contributed by atoms with van der Waals surface area (Å²) < 4.78 is 0. The molecule has 4 aromatic carbocycles. The van der Waals surface area contributed by atoms with E-state index in [4.69, 9.17) is 10.5 Å². The lowest BCUT2D eigenvalue weighted by molar-refractivity contribution is 0.101. The maximum absolute atomic E-state index is 12.5. The highest BCUT2D eigenvalue weighted by atomic mass is 16.2. The summed E-state index contributed by atoms with van der Waals surface area (Å²) in [5, 5.41) is 23.6. The van der Waals surface area contributed by atoms with Gasteiger partial charge in [-0.25, -0.2) is 0 Å². The third kappa shape index (κ3) is 5.16. The fraction of sp³-hybridized carbons (Fsp3) is 0. The van der Waals surface area contributed by atoms with Crippen LogP contribution in [0.15, 0.2) is 97.1 Å². The Balaban J connectivity index is 1.42. The third-order valence-electron chi connectivity index (χ3n) is 5.13. The Morgan fingerprint density at radius 3 is 1.29 bits per heavy atom. The molecule has 0 bridgehead atoms. The molecule has 6 nitrogen and oxygen atoms in total. The number of carbonyl (C=O) groups is 2. The van der Waals surface area contributed by atoms with Crippen molar-refractivity contribution in [3.05, 3.63) is 119 Å². The second kappa shape index (κ2) is 9.95. The highest BCUT2D eigenvalue weighted by Crippen LogP contribution is 2.22. The van der Waals surface area contributed by atoms with E-state index in [0.717, 1.165) is 11.1 Å². The van der Waals surface area contributed by atoms with E-state index in [1.54, 1.807) is 72.8 Å². The first-order chi connectivity index (χ1) is 16.6. The molecule has 34 heavy (non-hydrogen) atoms. The predicted molar refractivity (Wildman–Crippen MR) is 130 cm³/mol. The number of nitrogens with one attached hydrogen (secondary N) is 2. The Labute approximate surface area is 196 Å². The molecule has 0 saturated carbocycles. The molecule has 0 aliphatic carbocycles. The van der Waals surface area contributed by atoms with E-state index in [9.17, 15) is 9.59 Å². The van der Waals surface area contributed by atoms with Gasteiger partial charge in [-0.05, 0) is 71.8 Å². The molecule has 0 fully saturated rings. The first-order valence-electron chi connectivity index (χ1n) is 10.4. The van der Waals surface area contributed by atoms with Crippen LogP contribution in [0.25, 0.3) is 11.1 Å². The lowest BCUT2D eigenvalue weighted by Crippen LogP contribution is -2.12. The summed E-state index contributed by atoms with van der Waals surface area (Å²) in [6, 6.07) is 31.8. The van der Waals surface area contributed by atoms with E-state index >= 15 is 0 Å². The zero-order chi connectivity index (χ0) is 23.9. The van der Waals surface area contributed by atoms with Crippen LogP contribution in [0.1, 0.15) is 31.8 Å². The standard InChI is InChI=1S/C28H18N4O2/c29-17-19-3-1-5-25(15-19)31-27(33)23-11-7-21(8-12-23)22-9-13-24(14-10-22)28(34)32-26-6-2-4-20(16-26)18-30/h1-16H,(H,31,33)(H,32,34). The Kier molecular flexibility index (Phi) is 6.44. The van der Waals surface area contributed by atoms with E-state index in [-0.39, 0.29) is 11.8 Å². The van der Waals surface area contributed by atoms with Gasteiger partial charge in [0, 0.05) is 22.5 Å². The van der Waals surface area contributed by atoms with Crippen molar-refractivity contribution in [3.8, 4) is 23.3 Å². The summed E-state index contributed by atoms with van der Waals surface area (Å²) in [6.07, 6.45) is 0. The van der Waals surface area contributed by atoms with Crippen molar-refractivity contribution in [2.24, 2.45) is 0 Å². The van der Waals surface area contributed by atoms with Crippen LogP contribution in [0.2, 0.25) is 0 Å². The molecule has 4 aromatic rings. The van der Waals surface area contributed by atoms with Gasteiger partial charge in [-0.15, -0.1) is 0 Å². The maximum atomic E-state index is 12.5. The van der Waals surface area contributed by atoms with Crippen molar-refractivity contribution in [3.63, 3.8) is 0 Å². The Hall–Kier alpha value is -5.20. The normalized spacial score (nSPS) is 9.94. The van der Waals surface area contributed by atoms with E-state index in [1.807, 2.05) is 36.4 Å². The van der Waals surface area contributed by atoms with Crippen LogP contribution < -0.4 is 10.6 Å². The number of amides is 2. The SMILES string of the molecule is N#Cc1cccc(NC(=O)c2ccc(-c3ccc(C(=O)Nc4cccc(C#N)c4)cc3)cc2)c1. The van der Waals surface area contributed by atoms with Crippen LogP contribution in [0, 0.1) is 22.7 Å². The summed E-state index contributed by atoms with van der Waals surface area (Å²) in [6.45, 7) is 0. The van der Waals surface area contributed by atoms with Gasteiger partial charge < -0.3 is 10.6 Å². The third-order valence-corrected chi connectivity index (χ3v) is 5.13. The molecule has 0 heterocycles. The molecule has 0 atom stereocenters. The van der Waals surface area contributed by atoms with Gasteiger partial charge in [0.05, 0.1) is 23.3 Å². The molecule has 6 heteroatoms. The van der Waals surface area contributed by atoms with Crippen molar-refractivity contribution in [1.29, 1.82) is 10.5 Å². The first kappa shape index (κ1) is 22.0. The van der Waals surface area contributed by atoms with E-state index in [1.165, 1.54) is 0 Å². The van der Waals surface area contributed by atoms with E-state index in [0.29, 0.717) is 33.6 Å². The smallest absolute Gasteiger partial charge is 0.255 e. The number of hydrogen-bond acceptors (Lipinski definition) is 4. The van der Waals surface area contributed by atoms with Gasteiger partial charge in [-0.3, -0.25) is 9.59 Å². The molecule has 0 spiro atoms. The number of rotatable bonds is 5. The average molecular weight is 442 g/mol. The Morgan fingerprint density at radius 1 is 0.559 bits per heavy atom. The largest absolute Gasteiger partial charge is 0.322 e. The number of hydrogen-bond donors (Lipinski definition) is 2. The summed E-state index contributed by atoms with van der Waals surface area (Å²) >= 11 is 0. The molecule has 0 saturated heterocycles. The second-order valence-electron chi connectivity index (χ2n) is 7.45. The molecule has 2 N–H and O–H groups in total. The molecule has 0 unspecified atom stereocenters. The molecule has 0 aromatic heterocycles. The predicted octanol–water partition coefficient (Wildman–Crippen LogP) is 5.60. The molecule has 0 aliphatic heterocycles. The van der Waals surface area contributed by atoms with E-state index < -0.39 is 0 Å². The molecular formula is C28H18N4O2. The zero-order valence-corrected chi connectivity index (χ0v) is 17.9. The van der Waals surface area contributed by atoms with Gasteiger partial charge in [0.1, 0.15) is 0 Å². The number of nitrogens with zero attached hydrogens (tertiary/aromatic N) is 2. The van der Waals surface area contributed by atoms with Crippen LogP contribution in [0.3, 0.4) is 0 Å². The summed E-state index contributed by atoms with van der Waals surface area (Å²) in [4.78, 5) is 25.0. The quantitative estimate of drug-likeness (QED) is 0.419. The molecule has 0 radical (unpaired) electrons. The number of benzene rings is 4. The van der Waals surface area contributed by atoms with Crippen LogP contribution in [0.5, 0.6) is 0 Å². The highest BCUT2D eigenvalue weighted by molar-refractivity contribution is 6.05. The van der Waals surface area contributed by atoms with Crippen LogP contribution >= 0.6 is 0 Å². The van der Waals surface area contributed by atoms with Gasteiger partial charge in [-0.1, -0.05) is 36.4 Å². The van der Waals surface area contributed by atoms with Gasteiger partial charge in [0.15, 0.2) is 0 Å². The van der Waals surface area contributed by atoms with Crippen LogP contribution in [-0.4, -0.2) is 11.8 Å². The summed E-state index contributed by atoms with van der Waals surface area (Å²) in [5.41, 5.74) is 4.83. The minimum atomic E-state index is -0.269. The molecular weight excluding hydrogens is 424 g/mol. The van der Waals surface area contributed by atoms with Gasteiger partial charge in [0.25, 0.3) is 11.8 Å². The van der Waals surface area contributed by atoms with Gasteiger partial charge in [-0.2, -0.15) is 10.5 Å². The average Bonchev–Trinajstić information content (AvgIpc) is 2.89. The van der Waals surface area contributed by atoms with Crippen molar-refractivity contribution in [2.45, 2.75) is 0 Å². The zero-order valence-electron chi connectivity index (χ0n) is 17.9. The molecule has 162 valence electrons. The minimum Gasteiger partial charge on any atom is -0.322 e. The van der Waals surface area contributed by atoms with Crippen molar-refractivity contribution < 1.29 is 9.59 Å².